The lowest BCUT2D eigenvalue weighted by Crippen LogP contribution is -2.80. The molecule has 0 atom stereocenters. The average Bonchev–Trinajstić information content (AvgIpc) is 2.75. The van der Waals surface area contributed by atoms with Crippen LogP contribution in [0.3, 0.4) is 0 Å². The summed E-state index contributed by atoms with van der Waals surface area (Å²) in [7, 11) is 0. The van der Waals surface area contributed by atoms with Crippen LogP contribution in [-0.4, -0.2) is 0 Å². The second-order valence-corrected chi connectivity index (χ2v) is 5.32. The molecule has 0 unspecified atom stereocenters. The normalized spacial score (nSPS) is 10.6. The Labute approximate surface area is 109 Å². The number of thiophene rings is 1. The minimum Gasteiger partial charge on any atom is -0.338 e. The van der Waals surface area contributed by atoms with Crippen LogP contribution in [0.2, 0.25) is 10.0 Å². The van der Waals surface area contributed by atoms with E-state index < -0.39 is 0 Å². The van der Waals surface area contributed by atoms with Gasteiger partial charge in [-0.1, -0.05) is 35.3 Å². The fraction of sp³-hybridized carbons (Fsp3) is 0.167. The van der Waals surface area contributed by atoms with Gasteiger partial charge in [-0.3, -0.25) is 0 Å². The Morgan fingerprint density at radius 2 is 1.75 bits per heavy atom. The van der Waals surface area contributed by atoms with Gasteiger partial charge in [-0.2, -0.15) is 0 Å². The van der Waals surface area contributed by atoms with Crippen molar-refractivity contribution in [1.82, 2.24) is 0 Å². The van der Waals surface area contributed by atoms with Crippen LogP contribution in [0.1, 0.15) is 10.4 Å². The Morgan fingerprint density at radius 3 is 2.38 bits per heavy atom. The molecule has 1 aromatic carbocycles. The van der Waals surface area contributed by atoms with E-state index in [1.54, 1.807) is 11.3 Å². The molecule has 0 aliphatic rings. The molecule has 0 fully saturated rings. The summed E-state index contributed by atoms with van der Waals surface area (Å²) in [6.07, 6.45) is 0. The van der Waals surface area contributed by atoms with Gasteiger partial charge in [-0.15, -0.1) is 11.3 Å². The van der Waals surface area contributed by atoms with Crippen LogP contribution in [0.15, 0.2) is 35.7 Å². The quantitative estimate of drug-likeness (QED) is 0.880. The molecule has 0 bridgehead atoms. The first-order valence-corrected chi connectivity index (χ1v) is 6.68. The van der Waals surface area contributed by atoms with E-state index in [0.29, 0.717) is 0 Å². The van der Waals surface area contributed by atoms with E-state index >= 15 is 0 Å². The van der Waals surface area contributed by atoms with E-state index in [1.165, 1.54) is 4.88 Å². The zero-order chi connectivity index (χ0) is 11.4. The lowest BCUT2D eigenvalue weighted by Gasteiger charge is -2.05. The second kappa shape index (κ2) is 5.69. The standard InChI is InChI=1S/C12H11Cl2NS/c13-11-4-1-5-12(14)10(11)8-15-7-9-3-2-6-16-9/h1-6,15H,7-8H2/p+1. The molecular weight excluding hydrogens is 261 g/mol. The second-order valence-electron chi connectivity index (χ2n) is 3.48. The van der Waals surface area contributed by atoms with E-state index in [0.717, 1.165) is 28.7 Å². The molecule has 0 aliphatic carbocycles. The Hall–Kier alpha value is -0.540. The van der Waals surface area contributed by atoms with Crippen LogP contribution in [0.5, 0.6) is 0 Å². The topological polar surface area (TPSA) is 16.6 Å². The van der Waals surface area contributed by atoms with Gasteiger partial charge < -0.3 is 5.32 Å². The zero-order valence-electron chi connectivity index (χ0n) is 8.62. The lowest BCUT2D eigenvalue weighted by molar-refractivity contribution is -0.685. The Kier molecular flexibility index (Phi) is 4.24. The first-order valence-electron chi connectivity index (χ1n) is 5.04. The molecule has 1 nitrogen and oxygen atoms in total. The van der Waals surface area contributed by atoms with Crippen LogP contribution in [0.25, 0.3) is 0 Å². The third-order valence-electron chi connectivity index (χ3n) is 2.34. The van der Waals surface area contributed by atoms with Crippen molar-refractivity contribution in [3.8, 4) is 0 Å². The molecule has 1 heterocycles. The van der Waals surface area contributed by atoms with E-state index in [2.05, 4.69) is 22.8 Å². The van der Waals surface area contributed by atoms with E-state index in [-0.39, 0.29) is 0 Å². The van der Waals surface area contributed by atoms with Crippen LogP contribution in [0, 0.1) is 0 Å². The van der Waals surface area contributed by atoms with Crippen molar-refractivity contribution < 1.29 is 5.32 Å². The number of halogens is 2. The highest BCUT2D eigenvalue weighted by atomic mass is 35.5. The monoisotopic (exact) mass is 272 g/mol. The molecular formula is C12H12Cl2NS+. The summed E-state index contributed by atoms with van der Waals surface area (Å²) in [5.41, 5.74) is 1.02. The molecule has 0 radical (unpaired) electrons. The molecule has 2 N–H and O–H groups in total. The largest absolute Gasteiger partial charge is 0.338 e. The molecule has 0 saturated heterocycles. The van der Waals surface area contributed by atoms with E-state index in [1.807, 2.05) is 18.2 Å². The molecule has 2 rings (SSSR count). The number of nitrogens with two attached hydrogens (primary N) is 1. The average molecular weight is 273 g/mol. The van der Waals surface area contributed by atoms with Gasteiger partial charge in [0.05, 0.1) is 14.9 Å². The molecule has 0 spiro atoms. The molecule has 84 valence electrons. The first kappa shape index (κ1) is 11.9. The van der Waals surface area contributed by atoms with E-state index in [4.69, 9.17) is 23.2 Å². The van der Waals surface area contributed by atoms with E-state index in [9.17, 15) is 0 Å². The van der Waals surface area contributed by atoms with Crippen molar-refractivity contribution in [2.24, 2.45) is 0 Å². The fourth-order valence-corrected chi connectivity index (χ4v) is 2.77. The maximum atomic E-state index is 6.09. The molecule has 0 aliphatic heterocycles. The Balaban J connectivity index is 1.95. The van der Waals surface area contributed by atoms with Crippen LogP contribution in [0.4, 0.5) is 0 Å². The lowest BCUT2D eigenvalue weighted by atomic mass is 10.2. The summed E-state index contributed by atoms with van der Waals surface area (Å²) in [6, 6.07) is 9.82. The maximum Gasteiger partial charge on any atom is 0.111 e. The zero-order valence-corrected chi connectivity index (χ0v) is 10.9. The highest BCUT2D eigenvalue weighted by Gasteiger charge is 2.07. The fourth-order valence-electron chi connectivity index (χ4n) is 1.51. The Bertz CT molecular complexity index is 434. The molecule has 4 heteroatoms. The van der Waals surface area contributed by atoms with Gasteiger partial charge >= 0.3 is 0 Å². The molecule has 0 amide bonds. The number of hydrogen-bond donors (Lipinski definition) is 1. The van der Waals surface area contributed by atoms with Gasteiger partial charge in [-0.25, -0.2) is 0 Å². The summed E-state index contributed by atoms with van der Waals surface area (Å²) < 4.78 is 0. The predicted octanol–water partition coefficient (Wildman–Crippen LogP) is 3.32. The SMILES string of the molecule is Clc1cccc(Cl)c1C[NH2+]Cc1cccs1. The Morgan fingerprint density at radius 1 is 1.00 bits per heavy atom. The summed E-state index contributed by atoms with van der Waals surface area (Å²) in [5, 5.41) is 5.79. The number of rotatable bonds is 4. The number of quaternary nitrogens is 1. The minimum atomic E-state index is 0.745. The summed E-state index contributed by atoms with van der Waals surface area (Å²) in [5.74, 6) is 0. The van der Waals surface area contributed by atoms with Crippen molar-refractivity contribution in [3.05, 3.63) is 56.2 Å². The predicted molar refractivity (Wildman–Crippen MR) is 70.1 cm³/mol. The van der Waals surface area contributed by atoms with Crippen LogP contribution >= 0.6 is 34.5 Å². The highest BCUT2D eigenvalue weighted by Crippen LogP contribution is 2.22. The number of benzene rings is 1. The van der Waals surface area contributed by atoms with Gasteiger partial charge in [0.1, 0.15) is 13.1 Å². The van der Waals surface area contributed by atoms with Crippen molar-refractivity contribution in [1.29, 1.82) is 0 Å². The third-order valence-corrected chi connectivity index (χ3v) is 3.94. The van der Waals surface area contributed by atoms with Crippen molar-refractivity contribution >= 4 is 34.5 Å². The maximum absolute atomic E-state index is 6.09. The number of hydrogen-bond acceptors (Lipinski definition) is 1. The van der Waals surface area contributed by atoms with Gasteiger partial charge in [-0.05, 0) is 23.6 Å². The van der Waals surface area contributed by atoms with Crippen LogP contribution < -0.4 is 5.32 Å². The molecule has 16 heavy (non-hydrogen) atoms. The summed E-state index contributed by atoms with van der Waals surface area (Å²) >= 11 is 13.9. The van der Waals surface area contributed by atoms with Gasteiger partial charge in [0.2, 0.25) is 0 Å². The van der Waals surface area contributed by atoms with Gasteiger partial charge in [0, 0.05) is 5.56 Å². The summed E-state index contributed by atoms with van der Waals surface area (Å²) in [6.45, 7) is 1.79. The molecule has 1 aromatic heterocycles. The minimum absolute atomic E-state index is 0.745. The molecule has 0 saturated carbocycles. The van der Waals surface area contributed by atoms with Crippen molar-refractivity contribution in [2.45, 2.75) is 13.1 Å². The third kappa shape index (κ3) is 2.98. The highest BCUT2D eigenvalue weighted by molar-refractivity contribution is 7.09. The molecule has 2 aromatic rings. The smallest absolute Gasteiger partial charge is 0.111 e. The summed E-state index contributed by atoms with van der Waals surface area (Å²) in [4.78, 5) is 1.36. The first-order chi connectivity index (χ1) is 7.77. The van der Waals surface area contributed by atoms with Gasteiger partial charge in [0.25, 0.3) is 0 Å². The van der Waals surface area contributed by atoms with Gasteiger partial charge in [0.15, 0.2) is 0 Å². The van der Waals surface area contributed by atoms with Crippen molar-refractivity contribution in [2.75, 3.05) is 0 Å². The van der Waals surface area contributed by atoms with Crippen molar-refractivity contribution in [3.63, 3.8) is 0 Å². The van der Waals surface area contributed by atoms with Crippen LogP contribution in [-0.2, 0) is 13.1 Å².